The number of hydrogen-bond acceptors (Lipinski definition) is 4. The molecule has 2 heterocycles. The molecule has 1 aliphatic heterocycles. The fourth-order valence-electron chi connectivity index (χ4n) is 4.91. The van der Waals surface area contributed by atoms with E-state index in [9.17, 15) is 13.2 Å². The standard InChI is InChI=1S/C30H32N4O3S/c1-4-23-12-16-26(17-13-23)38(36,37)33-19-18-29-27(20-33)28(31-32(29)3)21-34(25-8-6-5-7-9-25)30(35)24-14-10-22(2)11-15-24/h5-17H,4,18-21H2,1-3H3. The maximum Gasteiger partial charge on any atom is 0.258 e. The summed E-state index contributed by atoms with van der Waals surface area (Å²) < 4.78 is 30.4. The van der Waals surface area contributed by atoms with Gasteiger partial charge < -0.3 is 4.90 Å². The Hall–Kier alpha value is -3.75. The van der Waals surface area contributed by atoms with E-state index in [-0.39, 0.29) is 19.0 Å². The summed E-state index contributed by atoms with van der Waals surface area (Å²) in [5.74, 6) is -0.132. The maximum absolute atomic E-state index is 13.7. The van der Waals surface area contributed by atoms with E-state index in [1.165, 1.54) is 4.31 Å². The van der Waals surface area contributed by atoms with Gasteiger partial charge in [0.05, 0.1) is 17.1 Å². The van der Waals surface area contributed by atoms with Gasteiger partial charge in [-0.1, -0.05) is 55.0 Å². The first kappa shape index (κ1) is 25.9. The second-order valence-corrected chi connectivity index (χ2v) is 11.6. The molecule has 38 heavy (non-hydrogen) atoms. The molecule has 1 aliphatic rings. The Morgan fingerprint density at radius 2 is 1.66 bits per heavy atom. The zero-order valence-corrected chi connectivity index (χ0v) is 22.8. The summed E-state index contributed by atoms with van der Waals surface area (Å²) in [7, 11) is -1.79. The Labute approximate surface area is 224 Å². The van der Waals surface area contributed by atoms with Gasteiger partial charge in [0, 0.05) is 49.1 Å². The zero-order chi connectivity index (χ0) is 26.9. The lowest BCUT2D eigenvalue weighted by Crippen LogP contribution is -2.37. The summed E-state index contributed by atoms with van der Waals surface area (Å²) in [5.41, 5.74) is 6.09. The molecule has 1 aromatic heterocycles. The Morgan fingerprint density at radius 3 is 2.32 bits per heavy atom. The third-order valence-electron chi connectivity index (χ3n) is 7.18. The number of nitrogens with zero attached hydrogens (tertiary/aromatic N) is 4. The van der Waals surface area contributed by atoms with Crippen molar-refractivity contribution in [2.45, 2.75) is 44.7 Å². The molecule has 196 valence electrons. The van der Waals surface area contributed by atoms with Crippen LogP contribution in [0, 0.1) is 6.92 Å². The highest BCUT2D eigenvalue weighted by atomic mass is 32.2. The highest BCUT2D eigenvalue weighted by molar-refractivity contribution is 7.89. The number of benzene rings is 3. The second kappa shape index (κ2) is 10.6. The molecule has 3 aromatic carbocycles. The van der Waals surface area contributed by atoms with E-state index in [4.69, 9.17) is 5.10 Å². The van der Waals surface area contributed by atoms with Crippen molar-refractivity contribution in [3.05, 3.63) is 113 Å². The minimum atomic E-state index is -3.67. The van der Waals surface area contributed by atoms with Crippen molar-refractivity contribution in [2.75, 3.05) is 11.4 Å². The largest absolute Gasteiger partial charge is 0.302 e. The van der Waals surface area contributed by atoms with E-state index in [1.54, 1.807) is 17.0 Å². The topological polar surface area (TPSA) is 75.5 Å². The molecule has 0 radical (unpaired) electrons. The van der Waals surface area contributed by atoms with Gasteiger partial charge >= 0.3 is 0 Å². The van der Waals surface area contributed by atoms with Crippen LogP contribution in [0.15, 0.2) is 83.8 Å². The fourth-order valence-corrected chi connectivity index (χ4v) is 6.32. The molecule has 0 fully saturated rings. The molecule has 0 bridgehead atoms. The third kappa shape index (κ3) is 5.01. The van der Waals surface area contributed by atoms with Crippen molar-refractivity contribution in [3.8, 4) is 0 Å². The molecule has 1 amide bonds. The number of aryl methyl sites for hydroxylation is 3. The van der Waals surface area contributed by atoms with Crippen molar-refractivity contribution in [2.24, 2.45) is 7.05 Å². The van der Waals surface area contributed by atoms with E-state index in [0.717, 1.165) is 34.5 Å². The van der Waals surface area contributed by atoms with Gasteiger partial charge in [-0.25, -0.2) is 8.42 Å². The van der Waals surface area contributed by atoms with Gasteiger partial charge in [-0.2, -0.15) is 9.40 Å². The van der Waals surface area contributed by atoms with Crippen molar-refractivity contribution in [1.82, 2.24) is 14.1 Å². The van der Waals surface area contributed by atoms with Crippen molar-refractivity contribution in [1.29, 1.82) is 0 Å². The predicted molar refractivity (Wildman–Crippen MR) is 148 cm³/mol. The van der Waals surface area contributed by atoms with Crippen LogP contribution in [-0.2, 0) is 43.0 Å². The van der Waals surface area contributed by atoms with Crippen LogP contribution in [0.1, 0.15) is 45.4 Å². The van der Waals surface area contributed by atoms with Crippen LogP contribution in [0.4, 0.5) is 5.69 Å². The van der Waals surface area contributed by atoms with Gasteiger partial charge in [-0.05, 0) is 55.3 Å². The molecule has 0 unspecified atom stereocenters. The van der Waals surface area contributed by atoms with Gasteiger partial charge in [0.1, 0.15) is 0 Å². The first-order chi connectivity index (χ1) is 18.3. The van der Waals surface area contributed by atoms with Gasteiger partial charge in [0.15, 0.2) is 0 Å². The average molecular weight is 529 g/mol. The zero-order valence-electron chi connectivity index (χ0n) is 22.0. The van der Waals surface area contributed by atoms with Crippen molar-refractivity contribution in [3.63, 3.8) is 0 Å². The second-order valence-electron chi connectivity index (χ2n) is 9.67. The van der Waals surface area contributed by atoms with Crippen LogP contribution in [-0.4, -0.2) is 35.0 Å². The van der Waals surface area contributed by atoms with Gasteiger partial charge in [0.25, 0.3) is 5.91 Å². The molecule has 8 heteroatoms. The third-order valence-corrected chi connectivity index (χ3v) is 9.04. The Morgan fingerprint density at radius 1 is 0.974 bits per heavy atom. The number of carbonyl (C=O) groups excluding carboxylic acids is 1. The molecule has 0 N–H and O–H groups in total. The number of anilines is 1. The van der Waals surface area contributed by atoms with Crippen molar-refractivity contribution >= 4 is 21.6 Å². The average Bonchev–Trinajstić information content (AvgIpc) is 3.26. The number of fused-ring (bicyclic) bond motifs is 1. The number of carbonyl (C=O) groups is 1. The monoisotopic (exact) mass is 528 g/mol. The van der Waals surface area contributed by atoms with Crippen LogP contribution < -0.4 is 4.90 Å². The summed E-state index contributed by atoms with van der Waals surface area (Å²) in [4.78, 5) is 15.7. The molecule has 0 atom stereocenters. The first-order valence-corrected chi connectivity index (χ1v) is 14.3. The molecule has 4 aromatic rings. The summed E-state index contributed by atoms with van der Waals surface area (Å²) >= 11 is 0. The highest BCUT2D eigenvalue weighted by Gasteiger charge is 2.33. The highest BCUT2D eigenvalue weighted by Crippen LogP contribution is 2.29. The lowest BCUT2D eigenvalue weighted by molar-refractivity contribution is 0.0984. The number of hydrogen-bond donors (Lipinski definition) is 0. The predicted octanol–water partition coefficient (Wildman–Crippen LogP) is 4.88. The minimum Gasteiger partial charge on any atom is -0.302 e. The molecule has 0 saturated heterocycles. The quantitative estimate of drug-likeness (QED) is 0.343. The van der Waals surface area contributed by atoms with Gasteiger partial charge in [0.2, 0.25) is 10.0 Å². The van der Waals surface area contributed by atoms with Crippen LogP contribution in [0.2, 0.25) is 0 Å². The molecular formula is C30H32N4O3S. The number of para-hydroxylation sites is 1. The number of sulfonamides is 1. The van der Waals surface area contributed by atoms with E-state index in [2.05, 4.69) is 0 Å². The smallest absolute Gasteiger partial charge is 0.258 e. The Bertz CT molecular complexity index is 1540. The Balaban J connectivity index is 1.47. The van der Waals surface area contributed by atoms with Crippen molar-refractivity contribution < 1.29 is 13.2 Å². The summed E-state index contributed by atoms with van der Waals surface area (Å²) in [6.45, 7) is 4.87. The Kier molecular flexibility index (Phi) is 7.19. The normalized spacial score (nSPS) is 13.8. The van der Waals surface area contributed by atoms with E-state index in [1.807, 2.05) is 92.3 Å². The van der Waals surface area contributed by atoms with E-state index >= 15 is 0 Å². The summed E-state index contributed by atoms with van der Waals surface area (Å²) in [5, 5.41) is 4.76. The molecule has 0 spiro atoms. The fraction of sp³-hybridized carbons (Fsp3) is 0.267. The SMILES string of the molecule is CCc1ccc(S(=O)(=O)N2CCc3c(c(CN(C(=O)c4ccc(C)cc4)c4ccccc4)nn3C)C2)cc1. The van der Waals surface area contributed by atoms with Crippen LogP contribution in [0.25, 0.3) is 0 Å². The maximum atomic E-state index is 13.7. The van der Waals surface area contributed by atoms with Crippen LogP contribution in [0.5, 0.6) is 0 Å². The number of amides is 1. The number of aromatic nitrogens is 2. The molecule has 7 nitrogen and oxygen atoms in total. The van der Waals surface area contributed by atoms with Gasteiger partial charge in [-0.3, -0.25) is 9.48 Å². The first-order valence-electron chi connectivity index (χ1n) is 12.8. The molecule has 0 saturated carbocycles. The summed E-state index contributed by atoms with van der Waals surface area (Å²) in [6, 6.07) is 24.1. The van der Waals surface area contributed by atoms with E-state index < -0.39 is 10.0 Å². The minimum absolute atomic E-state index is 0.132. The lowest BCUT2D eigenvalue weighted by Gasteiger charge is -2.28. The van der Waals surface area contributed by atoms with E-state index in [0.29, 0.717) is 29.1 Å². The lowest BCUT2D eigenvalue weighted by atomic mass is 10.1. The molecular weight excluding hydrogens is 496 g/mol. The number of rotatable bonds is 7. The van der Waals surface area contributed by atoms with Gasteiger partial charge in [-0.15, -0.1) is 0 Å². The van der Waals surface area contributed by atoms with Crippen LogP contribution >= 0.6 is 0 Å². The molecule has 5 rings (SSSR count). The van der Waals surface area contributed by atoms with Crippen LogP contribution in [0.3, 0.4) is 0 Å². The summed E-state index contributed by atoms with van der Waals surface area (Å²) in [6.07, 6.45) is 1.41. The molecule has 0 aliphatic carbocycles.